The van der Waals surface area contributed by atoms with Crippen molar-refractivity contribution in [3.63, 3.8) is 0 Å². The standard InChI is InChI=1S/C17H12ClN3S/c1-21-15-9-12(18)7-8-13(15)19-16(21)14-10-22-17(20-14)11-5-3-2-4-6-11/h2-10H,1H3. The lowest BCUT2D eigenvalue weighted by atomic mass is 10.2. The number of rotatable bonds is 2. The number of hydrogen-bond donors (Lipinski definition) is 0. The zero-order valence-electron chi connectivity index (χ0n) is 11.8. The lowest BCUT2D eigenvalue weighted by Crippen LogP contribution is -1.92. The number of fused-ring (bicyclic) bond motifs is 1. The van der Waals surface area contributed by atoms with Gasteiger partial charge in [0.1, 0.15) is 10.7 Å². The van der Waals surface area contributed by atoms with Crippen LogP contribution < -0.4 is 0 Å². The van der Waals surface area contributed by atoms with Crippen LogP contribution in [0.1, 0.15) is 0 Å². The normalized spacial score (nSPS) is 11.2. The molecule has 2 aromatic carbocycles. The number of halogens is 1. The Kier molecular flexibility index (Phi) is 3.21. The lowest BCUT2D eigenvalue weighted by Gasteiger charge is -1.99. The van der Waals surface area contributed by atoms with Gasteiger partial charge in [-0.2, -0.15) is 0 Å². The van der Waals surface area contributed by atoms with Crippen molar-refractivity contribution in [2.45, 2.75) is 0 Å². The Morgan fingerprint density at radius 1 is 1.05 bits per heavy atom. The van der Waals surface area contributed by atoms with Crippen LogP contribution in [0.25, 0.3) is 33.1 Å². The van der Waals surface area contributed by atoms with Gasteiger partial charge in [0.15, 0.2) is 5.82 Å². The van der Waals surface area contributed by atoms with Crippen molar-refractivity contribution < 1.29 is 0 Å². The van der Waals surface area contributed by atoms with Crippen LogP contribution in [0.2, 0.25) is 5.02 Å². The Balaban J connectivity index is 1.83. The smallest absolute Gasteiger partial charge is 0.160 e. The number of hydrogen-bond acceptors (Lipinski definition) is 3. The van der Waals surface area contributed by atoms with Crippen molar-refractivity contribution in [2.24, 2.45) is 7.05 Å². The summed E-state index contributed by atoms with van der Waals surface area (Å²) < 4.78 is 2.03. The average Bonchev–Trinajstić information content (AvgIpc) is 3.14. The summed E-state index contributed by atoms with van der Waals surface area (Å²) >= 11 is 7.70. The van der Waals surface area contributed by atoms with Crippen LogP contribution in [0.3, 0.4) is 0 Å². The van der Waals surface area contributed by atoms with Crippen LogP contribution in [0, 0.1) is 0 Å². The van der Waals surface area contributed by atoms with Crippen molar-refractivity contribution >= 4 is 34.0 Å². The molecule has 0 aliphatic rings. The van der Waals surface area contributed by atoms with Gasteiger partial charge in [0.2, 0.25) is 0 Å². The Morgan fingerprint density at radius 2 is 1.86 bits per heavy atom. The van der Waals surface area contributed by atoms with Gasteiger partial charge in [0.25, 0.3) is 0 Å². The molecule has 0 atom stereocenters. The summed E-state index contributed by atoms with van der Waals surface area (Å²) in [7, 11) is 1.99. The molecule has 0 N–H and O–H groups in total. The number of benzene rings is 2. The van der Waals surface area contributed by atoms with E-state index in [1.54, 1.807) is 11.3 Å². The molecule has 4 rings (SSSR count). The van der Waals surface area contributed by atoms with E-state index >= 15 is 0 Å². The topological polar surface area (TPSA) is 30.7 Å². The summed E-state index contributed by atoms with van der Waals surface area (Å²) in [6.07, 6.45) is 0. The van der Waals surface area contributed by atoms with Gasteiger partial charge in [-0.1, -0.05) is 41.9 Å². The molecule has 108 valence electrons. The van der Waals surface area contributed by atoms with Crippen molar-refractivity contribution in [3.05, 3.63) is 58.9 Å². The fraction of sp³-hybridized carbons (Fsp3) is 0.0588. The minimum absolute atomic E-state index is 0.713. The number of nitrogens with zero attached hydrogens (tertiary/aromatic N) is 3. The van der Waals surface area contributed by atoms with Crippen molar-refractivity contribution in [1.82, 2.24) is 14.5 Å². The summed E-state index contributed by atoms with van der Waals surface area (Å²) in [5, 5.41) is 3.76. The van der Waals surface area contributed by atoms with E-state index in [0.717, 1.165) is 33.1 Å². The molecular formula is C17H12ClN3S. The molecule has 5 heteroatoms. The summed E-state index contributed by atoms with van der Waals surface area (Å²) in [5.74, 6) is 0.857. The lowest BCUT2D eigenvalue weighted by molar-refractivity contribution is 0.953. The number of imidazole rings is 1. The van der Waals surface area contributed by atoms with E-state index in [2.05, 4.69) is 17.1 Å². The van der Waals surface area contributed by atoms with E-state index < -0.39 is 0 Å². The van der Waals surface area contributed by atoms with E-state index in [0.29, 0.717) is 5.02 Å². The van der Waals surface area contributed by atoms with Crippen molar-refractivity contribution in [1.29, 1.82) is 0 Å². The Morgan fingerprint density at radius 3 is 2.68 bits per heavy atom. The maximum atomic E-state index is 6.08. The molecule has 0 saturated heterocycles. The van der Waals surface area contributed by atoms with Gasteiger partial charge in [-0.05, 0) is 18.2 Å². The fourth-order valence-corrected chi connectivity index (χ4v) is 3.45. The predicted molar refractivity (Wildman–Crippen MR) is 92.3 cm³/mol. The molecule has 0 amide bonds. The number of thiazole rings is 1. The van der Waals surface area contributed by atoms with Crippen LogP contribution in [-0.4, -0.2) is 14.5 Å². The van der Waals surface area contributed by atoms with E-state index in [1.165, 1.54) is 0 Å². The second-order valence-corrected chi connectivity index (χ2v) is 6.33. The molecule has 4 aromatic rings. The molecule has 2 aromatic heterocycles. The van der Waals surface area contributed by atoms with Gasteiger partial charge >= 0.3 is 0 Å². The number of aromatic nitrogens is 3. The van der Waals surface area contributed by atoms with Gasteiger partial charge in [-0.25, -0.2) is 9.97 Å². The summed E-state index contributed by atoms with van der Waals surface area (Å²) in [5.41, 5.74) is 3.95. The molecule has 0 saturated carbocycles. The van der Waals surface area contributed by atoms with E-state index in [1.807, 2.05) is 53.4 Å². The van der Waals surface area contributed by atoms with Gasteiger partial charge in [-0.15, -0.1) is 11.3 Å². The molecule has 3 nitrogen and oxygen atoms in total. The van der Waals surface area contributed by atoms with Crippen LogP contribution >= 0.6 is 22.9 Å². The van der Waals surface area contributed by atoms with E-state index in [9.17, 15) is 0 Å². The highest BCUT2D eigenvalue weighted by Crippen LogP contribution is 2.30. The molecule has 2 heterocycles. The van der Waals surface area contributed by atoms with Gasteiger partial charge < -0.3 is 4.57 Å². The summed E-state index contributed by atoms with van der Waals surface area (Å²) in [6.45, 7) is 0. The molecule has 0 aliphatic heterocycles. The van der Waals surface area contributed by atoms with Crippen LogP contribution in [0.4, 0.5) is 0 Å². The molecule has 0 radical (unpaired) electrons. The first-order valence-electron chi connectivity index (χ1n) is 6.86. The molecular weight excluding hydrogens is 314 g/mol. The monoisotopic (exact) mass is 325 g/mol. The first-order chi connectivity index (χ1) is 10.7. The third-order valence-electron chi connectivity index (χ3n) is 3.60. The molecule has 0 unspecified atom stereocenters. The maximum absolute atomic E-state index is 6.08. The Hall–Kier alpha value is -2.17. The second-order valence-electron chi connectivity index (χ2n) is 5.03. The first-order valence-corrected chi connectivity index (χ1v) is 8.11. The van der Waals surface area contributed by atoms with Gasteiger partial charge in [0, 0.05) is 23.0 Å². The predicted octanol–water partition coefficient (Wildman–Crippen LogP) is 5.02. The zero-order chi connectivity index (χ0) is 15.1. The highest BCUT2D eigenvalue weighted by atomic mass is 35.5. The SMILES string of the molecule is Cn1c(-c2csc(-c3ccccc3)n2)nc2ccc(Cl)cc21. The molecule has 0 bridgehead atoms. The Bertz CT molecular complexity index is 957. The maximum Gasteiger partial charge on any atom is 0.160 e. The van der Waals surface area contributed by atoms with Crippen LogP contribution in [-0.2, 0) is 7.05 Å². The first kappa shape index (κ1) is 13.5. The minimum atomic E-state index is 0.713. The average molecular weight is 326 g/mol. The third-order valence-corrected chi connectivity index (χ3v) is 4.72. The zero-order valence-corrected chi connectivity index (χ0v) is 13.4. The van der Waals surface area contributed by atoms with E-state index in [4.69, 9.17) is 16.6 Å². The van der Waals surface area contributed by atoms with E-state index in [-0.39, 0.29) is 0 Å². The summed E-state index contributed by atoms with van der Waals surface area (Å²) in [6, 6.07) is 15.9. The largest absolute Gasteiger partial charge is 0.326 e. The highest BCUT2D eigenvalue weighted by Gasteiger charge is 2.14. The summed E-state index contributed by atoms with van der Waals surface area (Å²) in [4.78, 5) is 9.41. The van der Waals surface area contributed by atoms with Crippen LogP contribution in [0.15, 0.2) is 53.9 Å². The van der Waals surface area contributed by atoms with Crippen molar-refractivity contribution in [3.8, 4) is 22.1 Å². The quantitative estimate of drug-likeness (QED) is 0.518. The third kappa shape index (κ3) is 2.21. The second kappa shape index (κ2) is 5.23. The van der Waals surface area contributed by atoms with Crippen molar-refractivity contribution in [2.75, 3.05) is 0 Å². The highest BCUT2D eigenvalue weighted by molar-refractivity contribution is 7.13. The van der Waals surface area contributed by atoms with Gasteiger partial charge in [-0.3, -0.25) is 0 Å². The number of aryl methyl sites for hydroxylation is 1. The fourth-order valence-electron chi connectivity index (χ4n) is 2.48. The molecule has 0 fully saturated rings. The molecule has 0 aliphatic carbocycles. The molecule has 0 spiro atoms. The minimum Gasteiger partial charge on any atom is -0.326 e. The Labute approximate surface area is 136 Å². The molecule has 22 heavy (non-hydrogen) atoms. The van der Waals surface area contributed by atoms with Gasteiger partial charge in [0.05, 0.1) is 11.0 Å². The van der Waals surface area contributed by atoms with Crippen LogP contribution in [0.5, 0.6) is 0 Å².